The average molecular weight is 1030 g/mol. The lowest BCUT2D eigenvalue weighted by Gasteiger charge is -2.31. The zero-order chi connectivity index (χ0) is 51.4. The molecule has 0 saturated carbocycles. The van der Waals surface area contributed by atoms with Gasteiger partial charge >= 0.3 is 0 Å². The number of nitrogens with zero attached hydrogens (tertiary/aromatic N) is 8. The van der Waals surface area contributed by atoms with Crippen molar-refractivity contribution in [3.8, 4) is 45.5 Å². The maximum atomic E-state index is 12.2. The van der Waals surface area contributed by atoms with Crippen LogP contribution in [-0.2, 0) is 38.8 Å². The highest BCUT2D eigenvalue weighted by Gasteiger charge is 2.34. The molecule has 0 aliphatic rings. The number of ether oxygens (including phenoxy) is 4. The van der Waals surface area contributed by atoms with E-state index < -0.39 is 11.2 Å². The lowest BCUT2D eigenvalue weighted by Crippen LogP contribution is -2.42. The number of aromatic nitrogens is 8. The normalized spacial score (nSPS) is 12.8. The number of methoxy groups -OCH3 is 4. The summed E-state index contributed by atoms with van der Waals surface area (Å²) in [6, 6.07) is 23.0. The Morgan fingerprint density at radius 2 is 0.865 bits per heavy atom. The third kappa shape index (κ3) is 14.3. The fraction of sp³-hybridized carbons (Fsp3) is 0.364. The van der Waals surface area contributed by atoms with Crippen molar-refractivity contribution in [2.75, 3.05) is 67.7 Å². The van der Waals surface area contributed by atoms with Crippen LogP contribution < -0.4 is 40.2 Å². The number of fused-ring (bicyclic) bond motifs is 2. The standard InChI is InChI=1S/2C27H34N6O3.CH3.H2S/c2*1-18(2)29-9-8-28-17-27(34,21-10-22(35-4)13-23(11-21)36-5)20-6-7-24-25(12-20)32-26(15-30-24)19-14-31-33(3)16-19;;/h2*6-7,10-16,18,28-29,34H,8-9,17H2,1-5H3;1H3;1H2/q;;+1;/p+1/t2*27-;;/m10../s1. The van der Waals surface area contributed by atoms with Crippen molar-refractivity contribution in [3.05, 3.63) is 140 Å². The zero-order valence-electron chi connectivity index (χ0n) is 44.5. The van der Waals surface area contributed by atoms with Crippen molar-refractivity contribution in [3.63, 3.8) is 0 Å². The first-order valence-corrected chi connectivity index (χ1v) is 24.0. The minimum atomic E-state index is -1.38. The van der Waals surface area contributed by atoms with E-state index in [1.54, 1.807) is 74.7 Å². The minimum Gasteiger partial charge on any atom is -0.497 e. The molecule has 0 fully saturated rings. The molecule has 4 heterocycles. The van der Waals surface area contributed by atoms with Gasteiger partial charge in [-0.1, -0.05) is 53.3 Å². The largest absolute Gasteiger partial charge is 0.497 e. The van der Waals surface area contributed by atoms with E-state index in [2.05, 4.69) is 69.1 Å². The third-order valence-corrected chi connectivity index (χ3v) is 12.2. The van der Waals surface area contributed by atoms with E-state index in [1.165, 1.54) is 0 Å². The smallest absolute Gasteiger partial charge is 0.127 e. The molecule has 0 aliphatic carbocycles. The molecule has 19 heteroatoms. The summed E-state index contributed by atoms with van der Waals surface area (Å²) >= 11 is 0. The molecule has 0 amide bonds. The molecule has 2 atom stereocenters. The number of nitrogens with one attached hydrogen (secondary N) is 4. The molecular formula is C55H74N12O6S+2. The van der Waals surface area contributed by atoms with Crippen LogP contribution >= 0.6 is 0 Å². The molecular weight excluding hydrogens is 957 g/mol. The highest BCUT2D eigenvalue weighted by molar-refractivity contribution is 7.37. The number of hydrogen-bond donors (Lipinski definition) is 6. The van der Waals surface area contributed by atoms with Crippen LogP contribution in [-0.4, -0.2) is 130 Å². The maximum Gasteiger partial charge on any atom is 0.127 e. The Balaban J connectivity index is 0.000000267. The van der Waals surface area contributed by atoms with Crippen LogP contribution in [0.4, 0.5) is 0 Å². The van der Waals surface area contributed by atoms with Gasteiger partial charge in [-0.3, -0.25) is 19.3 Å². The van der Waals surface area contributed by atoms with Crippen molar-refractivity contribution >= 4 is 35.6 Å². The maximum absolute atomic E-state index is 12.2. The van der Waals surface area contributed by atoms with E-state index in [-0.39, 0.29) is 34.0 Å². The minimum absolute atomic E-state index is 0. The van der Waals surface area contributed by atoms with E-state index in [1.807, 2.05) is 87.2 Å². The zero-order valence-corrected chi connectivity index (χ0v) is 45.6. The highest BCUT2D eigenvalue weighted by atomic mass is 32.1. The van der Waals surface area contributed by atoms with Crippen LogP contribution in [0.15, 0.2) is 110 Å². The van der Waals surface area contributed by atoms with Gasteiger partial charge in [-0.2, -0.15) is 10.2 Å². The van der Waals surface area contributed by atoms with Gasteiger partial charge in [0, 0.05) is 109 Å². The Morgan fingerprint density at radius 3 is 1.18 bits per heavy atom. The molecule has 0 spiro atoms. The summed E-state index contributed by atoms with van der Waals surface area (Å²) in [6.07, 6.45) is 10.8. The first kappa shape index (κ1) is 58.1. The van der Waals surface area contributed by atoms with Gasteiger partial charge in [-0.05, 0) is 70.8 Å². The predicted octanol–water partition coefficient (Wildman–Crippen LogP) is 5.39. The highest BCUT2D eigenvalue weighted by Crippen LogP contribution is 2.37. The van der Waals surface area contributed by atoms with E-state index in [4.69, 9.17) is 28.9 Å². The second-order valence-electron chi connectivity index (χ2n) is 18.2. The molecule has 18 nitrogen and oxygen atoms in total. The molecule has 8 rings (SSSR count). The van der Waals surface area contributed by atoms with E-state index >= 15 is 0 Å². The van der Waals surface area contributed by atoms with Crippen LogP contribution in [0.3, 0.4) is 0 Å². The fourth-order valence-electron chi connectivity index (χ4n) is 8.19. The molecule has 74 heavy (non-hydrogen) atoms. The van der Waals surface area contributed by atoms with Crippen molar-refractivity contribution in [1.29, 1.82) is 0 Å². The van der Waals surface area contributed by atoms with Crippen molar-refractivity contribution in [2.45, 2.75) is 51.0 Å². The third-order valence-electron chi connectivity index (χ3n) is 12.2. The number of aryl methyl sites for hydroxylation is 2. The summed E-state index contributed by atoms with van der Waals surface area (Å²) in [5.41, 5.74) is 5.98. The summed E-state index contributed by atoms with van der Waals surface area (Å²) < 4.78 is 25.4. The van der Waals surface area contributed by atoms with Gasteiger partial charge in [-0.25, -0.2) is 9.97 Å². The van der Waals surface area contributed by atoms with Gasteiger partial charge in [0.2, 0.25) is 0 Å². The summed E-state index contributed by atoms with van der Waals surface area (Å²) in [7, 11) is 10.1. The summed E-state index contributed by atoms with van der Waals surface area (Å²) in [5.74, 6) is 2.40. The first-order valence-electron chi connectivity index (χ1n) is 24.0. The number of benzene rings is 4. The molecule has 0 radical (unpaired) electrons. The molecule has 0 aliphatic heterocycles. The molecule has 4 aromatic heterocycles. The lowest BCUT2D eigenvalue weighted by molar-refractivity contribution is 0.0795. The fourth-order valence-corrected chi connectivity index (χ4v) is 8.19. The topological polar surface area (TPSA) is 213 Å². The van der Waals surface area contributed by atoms with Gasteiger partial charge in [0.1, 0.15) is 34.2 Å². The number of hydrogen-bond acceptors (Lipinski definition) is 16. The van der Waals surface area contributed by atoms with Crippen LogP contribution in [0.2, 0.25) is 0 Å². The molecule has 0 saturated heterocycles. The SMILES string of the molecule is COc1cc(OC)cc([C@@](O)(CNCCNC(C)C)c2ccc3ncc(-c4cnn(C)c4)nc3c2)c1.COc1cc(OC)cc([C@](O)(CNCCNC(C)C)c2ccc3ncc(-c4cnn(C)c4)nc3c2)c1.[CH3+].[SH3+]. The van der Waals surface area contributed by atoms with Gasteiger partial charge in [0.05, 0.1) is 86.7 Å². The van der Waals surface area contributed by atoms with E-state index in [0.717, 1.165) is 46.6 Å². The molecule has 4 aromatic carbocycles. The Morgan fingerprint density at radius 1 is 0.500 bits per heavy atom. The Hall–Kier alpha value is -6.84. The molecule has 8 aromatic rings. The summed E-state index contributed by atoms with van der Waals surface area (Å²) in [4.78, 5) is 18.8. The summed E-state index contributed by atoms with van der Waals surface area (Å²) in [6.45, 7) is 11.9. The lowest BCUT2D eigenvalue weighted by atomic mass is 9.85. The predicted molar refractivity (Wildman–Crippen MR) is 299 cm³/mol. The van der Waals surface area contributed by atoms with Crippen LogP contribution in [0.5, 0.6) is 23.0 Å². The van der Waals surface area contributed by atoms with Gasteiger partial charge in [0.15, 0.2) is 0 Å². The number of rotatable bonds is 22. The van der Waals surface area contributed by atoms with Crippen molar-refractivity contribution in [2.24, 2.45) is 14.1 Å². The van der Waals surface area contributed by atoms with Gasteiger partial charge in [-0.15, -0.1) is 0 Å². The Bertz CT molecular complexity index is 2810. The second-order valence-corrected chi connectivity index (χ2v) is 18.2. The second kappa shape index (κ2) is 26.4. The van der Waals surface area contributed by atoms with Gasteiger partial charge < -0.3 is 50.4 Å². The first-order chi connectivity index (χ1) is 34.6. The van der Waals surface area contributed by atoms with Gasteiger partial charge in [0.25, 0.3) is 0 Å². The van der Waals surface area contributed by atoms with Crippen LogP contribution in [0.25, 0.3) is 44.6 Å². The van der Waals surface area contributed by atoms with Crippen molar-refractivity contribution in [1.82, 2.24) is 60.8 Å². The molecule has 0 bridgehead atoms. The monoisotopic (exact) mass is 1030 g/mol. The molecule has 394 valence electrons. The van der Waals surface area contributed by atoms with E-state index in [0.29, 0.717) is 81.5 Å². The molecule has 6 N–H and O–H groups in total. The van der Waals surface area contributed by atoms with Crippen LogP contribution in [0, 0.1) is 7.43 Å². The number of aliphatic hydroxyl groups is 2. The molecule has 0 unspecified atom stereocenters. The van der Waals surface area contributed by atoms with E-state index in [9.17, 15) is 10.2 Å². The summed E-state index contributed by atoms with van der Waals surface area (Å²) in [5, 5.41) is 46.4. The van der Waals surface area contributed by atoms with Crippen LogP contribution in [0.1, 0.15) is 49.9 Å². The van der Waals surface area contributed by atoms with Crippen molar-refractivity contribution < 1.29 is 29.2 Å². The Labute approximate surface area is 441 Å². The Kier molecular flexibility index (Phi) is 20.7. The average Bonchev–Trinajstić information content (AvgIpc) is 4.04. The quantitative estimate of drug-likeness (QED) is 0.0286.